The van der Waals surface area contributed by atoms with Crippen LogP contribution in [-0.4, -0.2) is 29.5 Å². The molecule has 1 aromatic carbocycles. The molecule has 0 amide bonds. The number of carbonyl (C=O) groups is 2. The zero-order valence-corrected chi connectivity index (χ0v) is 13.0. The van der Waals surface area contributed by atoms with Gasteiger partial charge in [0.1, 0.15) is 0 Å². The molecule has 7 heteroatoms. The second-order valence-corrected chi connectivity index (χ2v) is 5.99. The molecule has 1 heterocycles. The van der Waals surface area contributed by atoms with Crippen LogP contribution in [0.2, 0.25) is 0 Å². The maximum Gasteiger partial charge on any atom is 0.312 e. The third kappa shape index (κ3) is 3.36. The summed E-state index contributed by atoms with van der Waals surface area (Å²) in [6, 6.07) is 4.56. The van der Waals surface area contributed by atoms with Crippen molar-refractivity contribution in [2.75, 3.05) is 12.9 Å². The fourth-order valence-electron chi connectivity index (χ4n) is 2.14. The number of allylic oxidation sites excluding steroid dienone is 1. The summed E-state index contributed by atoms with van der Waals surface area (Å²) in [6.45, 7) is 1.62. The minimum absolute atomic E-state index is 0.00584. The van der Waals surface area contributed by atoms with Crippen molar-refractivity contribution in [2.45, 2.75) is 19.3 Å². The Labute approximate surface area is 131 Å². The minimum atomic E-state index is -0.590. The number of benzene rings is 1. The van der Waals surface area contributed by atoms with Crippen LogP contribution in [0.4, 0.5) is 5.69 Å². The highest BCUT2D eigenvalue weighted by Gasteiger charge is 2.23. The molecule has 2 rings (SSSR count). The van der Waals surface area contributed by atoms with E-state index in [-0.39, 0.29) is 11.5 Å². The van der Waals surface area contributed by atoms with Crippen molar-refractivity contribution in [2.24, 2.45) is 0 Å². The van der Waals surface area contributed by atoms with Gasteiger partial charge < -0.3 is 4.74 Å². The van der Waals surface area contributed by atoms with E-state index in [1.165, 1.54) is 24.9 Å². The molecular weight excluding hydrogens is 306 g/mol. The van der Waals surface area contributed by atoms with Crippen molar-refractivity contribution in [3.63, 3.8) is 0 Å². The van der Waals surface area contributed by atoms with E-state index in [9.17, 15) is 19.7 Å². The number of hydrogen-bond acceptors (Lipinski definition) is 6. The predicted molar refractivity (Wildman–Crippen MR) is 83.6 cm³/mol. The zero-order valence-electron chi connectivity index (χ0n) is 12.2. The van der Waals surface area contributed by atoms with Gasteiger partial charge in [-0.05, 0) is 24.6 Å². The Balaban J connectivity index is 2.42. The molecule has 22 heavy (non-hydrogen) atoms. The monoisotopic (exact) mass is 321 g/mol. The number of ether oxygens (including phenoxy) is 1. The van der Waals surface area contributed by atoms with Gasteiger partial charge in [0.25, 0.3) is 5.69 Å². The number of thioether (sulfide) groups is 1. The Morgan fingerprint density at radius 3 is 2.77 bits per heavy atom. The van der Waals surface area contributed by atoms with Gasteiger partial charge in [0.2, 0.25) is 0 Å². The molecule has 1 aromatic rings. The van der Waals surface area contributed by atoms with Crippen LogP contribution < -0.4 is 0 Å². The maximum absolute atomic E-state index is 11.6. The van der Waals surface area contributed by atoms with Gasteiger partial charge in [-0.2, -0.15) is 0 Å². The van der Waals surface area contributed by atoms with Crippen LogP contribution in [0.15, 0.2) is 23.1 Å². The van der Waals surface area contributed by atoms with Crippen molar-refractivity contribution in [1.82, 2.24) is 0 Å². The zero-order chi connectivity index (χ0) is 16.3. The Hall–Kier alpha value is -2.15. The summed E-state index contributed by atoms with van der Waals surface area (Å²) in [6.07, 6.45) is 2.01. The first kappa shape index (κ1) is 16.2. The van der Waals surface area contributed by atoms with Gasteiger partial charge in [-0.3, -0.25) is 19.7 Å². The van der Waals surface area contributed by atoms with Crippen LogP contribution in [0.3, 0.4) is 0 Å². The Bertz CT molecular complexity index is 668. The van der Waals surface area contributed by atoms with E-state index in [0.29, 0.717) is 28.2 Å². The normalized spacial score (nSPS) is 17.5. The summed E-state index contributed by atoms with van der Waals surface area (Å²) < 4.78 is 4.65. The van der Waals surface area contributed by atoms with E-state index in [2.05, 4.69) is 4.74 Å². The number of ketones is 1. The van der Waals surface area contributed by atoms with Crippen molar-refractivity contribution in [3.05, 3.63) is 44.3 Å². The van der Waals surface area contributed by atoms with Gasteiger partial charge in [0, 0.05) is 18.2 Å². The van der Waals surface area contributed by atoms with E-state index < -0.39 is 16.8 Å². The first-order valence-electron chi connectivity index (χ1n) is 6.68. The molecule has 0 aromatic heterocycles. The number of methoxy groups -OCH3 is 1. The summed E-state index contributed by atoms with van der Waals surface area (Å²) in [5.41, 5.74) is 0.746. The SMILES string of the molecule is COC(=O)C(C)c1ccc(/C=C2\SCCC2=O)c([N+](=O)[O-])c1. The van der Waals surface area contributed by atoms with E-state index in [1.807, 2.05) is 0 Å². The topological polar surface area (TPSA) is 86.5 Å². The average molecular weight is 321 g/mol. The molecule has 0 aliphatic carbocycles. The highest BCUT2D eigenvalue weighted by molar-refractivity contribution is 8.04. The molecule has 116 valence electrons. The third-order valence-corrected chi connectivity index (χ3v) is 4.52. The third-order valence-electron chi connectivity index (χ3n) is 3.45. The van der Waals surface area contributed by atoms with Crippen LogP contribution in [0.1, 0.15) is 30.4 Å². The Kier molecular flexibility index (Phi) is 4.97. The molecule has 1 aliphatic rings. The molecule has 0 bridgehead atoms. The summed E-state index contributed by atoms with van der Waals surface area (Å²) in [5.74, 6) is -0.336. The molecule has 1 aliphatic heterocycles. The van der Waals surface area contributed by atoms with E-state index in [0.717, 1.165) is 0 Å². The maximum atomic E-state index is 11.6. The molecule has 1 fully saturated rings. The molecule has 1 saturated heterocycles. The fourth-order valence-corrected chi connectivity index (χ4v) is 3.12. The van der Waals surface area contributed by atoms with Crippen LogP contribution >= 0.6 is 11.8 Å². The van der Waals surface area contributed by atoms with E-state index >= 15 is 0 Å². The number of nitrogens with zero attached hydrogens (tertiary/aromatic N) is 1. The average Bonchev–Trinajstić information content (AvgIpc) is 2.91. The number of nitro benzene ring substituents is 1. The van der Waals surface area contributed by atoms with Gasteiger partial charge in [0.05, 0.1) is 28.4 Å². The predicted octanol–water partition coefficient (Wildman–Crippen LogP) is 2.92. The van der Waals surface area contributed by atoms with Crippen molar-refractivity contribution < 1.29 is 19.2 Å². The first-order valence-corrected chi connectivity index (χ1v) is 7.66. The second kappa shape index (κ2) is 6.74. The lowest BCUT2D eigenvalue weighted by Crippen LogP contribution is -2.11. The van der Waals surface area contributed by atoms with Crippen molar-refractivity contribution in [3.8, 4) is 0 Å². The summed E-state index contributed by atoms with van der Waals surface area (Å²) in [4.78, 5) is 34.5. The lowest BCUT2D eigenvalue weighted by atomic mass is 9.98. The molecular formula is C15H15NO5S. The van der Waals surface area contributed by atoms with Gasteiger partial charge in [0.15, 0.2) is 5.78 Å². The fraction of sp³-hybridized carbons (Fsp3) is 0.333. The summed E-state index contributed by atoms with van der Waals surface area (Å²) in [7, 11) is 1.27. The van der Waals surface area contributed by atoms with Crippen molar-refractivity contribution >= 4 is 35.3 Å². The molecule has 0 radical (unpaired) electrons. The standard InChI is InChI=1S/C15H15NO5S/c1-9(15(18)21-2)10-3-4-11(12(7-10)16(19)20)8-14-13(17)5-6-22-14/h3-4,7-9H,5-6H2,1-2H3/b14-8-. The van der Waals surface area contributed by atoms with Gasteiger partial charge in [-0.1, -0.05) is 6.07 Å². The first-order chi connectivity index (χ1) is 10.4. The number of carbonyl (C=O) groups excluding carboxylic acids is 2. The number of esters is 1. The molecule has 1 unspecified atom stereocenters. The molecule has 1 atom stereocenters. The molecule has 0 N–H and O–H groups in total. The summed E-state index contributed by atoms with van der Waals surface area (Å²) >= 11 is 1.40. The van der Waals surface area contributed by atoms with Crippen LogP contribution in [0.25, 0.3) is 6.08 Å². The van der Waals surface area contributed by atoms with Crippen molar-refractivity contribution in [1.29, 1.82) is 0 Å². The lowest BCUT2D eigenvalue weighted by molar-refractivity contribution is -0.385. The number of rotatable bonds is 4. The van der Waals surface area contributed by atoms with E-state index in [1.54, 1.807) is 25.1 Å². The van der Waals surface area contributed by atoms with E-state index in [4.69, 9.17) is 0 Å². The summed E-state index contributed by atoms with van der Waals surface area (Å²) in [5, 5.41) is 11.3. The minimum Gasteiger partial charge on any atom is -0.469 e. The molecule has 6 nitrogen and oxygen atoms in total. The molecule has 0 saturated carbocycles. The second-order valence-electron chi connectivity index (χ2n) is 4.85. The highest BCUT2D eigenvalue weighted by Crippen LogP contribution is 2.33. The highest BCUT2D eigenvalue weighted by atomic mass is 32.2. The Morgan fingerprint density at radius 1 is 1.50 bits per heavy atom. The molecule has 0 spiro atoms. The number of hydrogen-bond donors (Lipinski definition) is 0. The van der Waals surface area contributed by atoms with Crippen LogP contribution in [0, 0.1) is 10.1 Å². The quantitative estimate of drug-likeness (QED) is 0.367. The number of Topliss-reactive ketones (excluding diaryl/α,β-unsaturated/α-hetero) is 1. The number of nitro groups is 1. The van der Waals surface area contributed by atoms with Gasteiger partial charge in [-0.15, -0.1) is 11.8 Å². The van der Waals surface area contributed by atoms with Crippen LogP contribution in [0.5, 0.6) is 0 Å². The van der Waals surface area contributed by atoms with Gasteiger partial charge >= 0.3 is 5.97 Å². The van der Waals surface area contributed by atoms with Crippen LogP contribution in [-0.2, 0) is 14.3 Å². The lowest BCUT2D eigenvalue weighted by Gasteiger charge is -2.10. The smallest absolute Gasteiger partial charge is 0.312 e. The largest absolute Gasteiger partial charge is 0.469 e. The van der Waals surface area contributed by atoms with Gasteiger partial charge in [-0.25, -0.2) is 0 Å². The Morgan fingerprint density at radius 2 is 2.23 bits per heavy atom.